The first-order chi connectivity index (χ1) is 19.4. The molecule has 1 saturated heterocycles. The SMILES string of the molecule is CCN(Cc1cc(O)c2c(c1OC)C[C@H]1C[C@H]3[C@H](N(C)C)C(O)=C(C(N)=O)C(=O)[C@@]3(O)C(O)=C1C2=O)[C@@H]1CCOC1. The van der Waals surface area contributed by atoms with E-state index in [2.05, 4.69) is 4.90 Å². The molecule has 3 aliphatic carbocycles. The number of fused-ring (bicyclic) bond motifs is 3. The van der Waals surface area contributed by atoms with Gasteiger partial charge in [-0.15, -0.1) is 0 Å². The van der Waals surface area contributed by atoms with Gasteiger partial charge >= 0.3 is 0 Å². The Hall–Kier alpha value is -3.45. The van der Waals surface area contributed by atoms with Gasteiger partial charge in [0, 0.05) is 41.8 Å². The molecule has 1 heterocycles. The van der Waals surface area contributed by atoms with Gasteiger partial charge in [0.2, 0.25) is 5.78 Å². The molecule has 1 fully saturated rings. The maximum atomic E-state index is 13.9. The van der Waals surface area contributed by atoms with E-state index in [0.29, 0.717) is 36.6 Å². The average molecular weight is 572 g/mol. The van der Waals surface area contributed by atoms with Crippen LogP contribution in [0.15, 0.2) is 28.7 Å². The Balaban J connectivity index is 1.63. The number of aliphatic hydroxyl groups excluding tert-OH is 2. The maximum Gasteiger partial charge on any atom is 0.255 e. The minimum Gasteiger partial charge on any atom is -0.510 e. The molecule has 5 atom stereocenters. The highest BCUT2D eigenvalue weighted by Crippen LogP contribution is 2.53. The Kier molecular flexibility index (Phi) is 7.39. The number of likely N-dealkylation sites (N-methyl/N-ethyl adjacent to an activating group) is 2. The summed E-state index contributed by atoms with van der Waals surface area (Å²) in [6.45, 7) is 4.52. The number of Topliss-reactive ketones (excluding diaryl/α,β-unsaturated/α-hetero) is 2. The van der Waals surface area contributed by atoms with Crippen molar-refractivity contribution in [3.05, 3.63) is 45.4 Å². The van der Waals surface area contributed by atoms with Crippen molar-refractivity contribution in [2.75, 3.05) is 41.0 Å². The predicted octanol–water partition coefficient (Wildman–Crippen LogP) is 0.740. The van der Waals surface area contributed by atoms with Gasteiger partial charge in [0.05, 0.1) is 25.3 Å². The first kappa shape index (κ1) is 29.1. The van der Waals surface area contributed by atoms with Gasteiger partial charge in [0.25, 0.3) is 5.91 Å². The molecule has 12 heteroatoms. The van der Waals surface area contributed by atoms with Gasteiger partial charge in [0.1, 0.15) is 28.6 Å². The van der Waals surface area contributed by atoms with Crippen molar-refractivity contribution in [1.29, 1.82) is 0 Å². The molecular formula is C29H37N3O9. The largest absolute Gasteiger partial charge is 0.510 e. The molecule has 4 aliphatic rings. The van der Waals surface area contributed by atoms with Gasteiger partial charge < -0.3 is 35.6 Å². The highest BCUT2D eigenvalue weighted by Gasteiger charge is 2.63. The number of nitrogens with two attached hydrogens (primary N) is 1. The number of allylic oxidation sites excluding steroid dienone is 1. The third kappa shape index (κ3) is 4.23. The number of nitrogens with zero attached hydrogens (tertiary/aromatic N) is 2. The quantitative estimate of drug-likeness (QED) is 0.291. The Labute approximate surface area is 237 Å². The Bertz CT molecular complexity index is 1380. The topological polar surface area (TPSA) is 183 Å². The lowest BCUT2D eigenvalue weighted by Crippen LogP contribution is -2.63. The summed E-state index contributed by atoms with van der Waals surface area (Å²) in [5.41, 5.74) is 2.77. The standard InChI is InChI=1S/C29H37N3O9/c1-5-32(15-6-7-41-12-15)11-14-10-18(33)20-16(25(14)40-4)8-13-9-17-22(31(2)3)24(35)21(28(30)38)27(37)29(17,39)26(36)19(13)23(20)34/h10,13,15,17,22,33,35-36,39H,5-9,11-12H2,1-4H3,(H2,30,38)/t13-,15+,17-,22-,29-/m0/s1. The molecule has 222 valence electrons. The number of aromatic hydroxyl groups is 1. The number of benzene rings is 1. The molecule has 1 amide bonds. The lowest BCUT2D eigenvalue weighted by Gasteiger charge is -2.50. The van der Waals surface area contributed by atoms with E-state index in [1.807, 2.05) is 6.92 Å². The molecule has 0 radical (unpaired) electrons. The number of hydrogen-bond donors (Lipinski definition) is 5. The molecule has 0 saturated carbocycles. The van der Waals surface area contributed by atoms with Crippen molar-refractivity contribution >= 4 is 17.5 Å². The lowest BCUT2D eigenvalue weighted by molar-refractivity contribution is -0.148. The fourth-order valence-electron chi connectivity index (χ4n) is 7.26. The summed E-state index contributed by atoms with van der Waals surface area (Å²) in [6, 6.07) is 0.644. The fraction of sp³-hybridized carbons (Fsp3) is 0.552. The molecule has 12 nitrogen and oxygen atoms in total. The monoisotopic (exact) mass is 571 g/mol. The minimum absolute atomic E-state index is 0.0143. The number of phenols is 1. The second-order valence-corrected chi connectivity index (χ2v) is 11.5. The number of hydrogen-bond acceptors (Lipinski definition) is 11. The Morgan fingerprint density at radius 2 is 1.95 bits per heavy atom. The molecule has 1 aromatic rings. The second-order valence-electron chi connectivity index (χ2n) is 11.5. The number of methoxy groups -OCH3 is 1. The van der Waals surface area contributed by atoms with Crippen LogP contribution in [0.5, 0.6) is 11.5 Å². The van der Waals surface area contributed by atoms with Gasteiger partial charge in [-0.3, -0.25) is 24.2 Å². The number of carbonyl (C=O) groups excluding carboxylic acids is 3. The summed E-state index contributed by atoms with van der Waals surface area (Å²) in [4.78, 5) is 43.2. The van der Waals surface area contributed by atoms with E-state index in [9.17, 15) is 34.8 Å². The zero-order valence-corrected chi connectivity index (χ0v) is 23.6. The van der Waals surface area contributed by atoms with E-state index >= 15 is 0 Å². The number of amides is 1. The van der Waals surface area contributed by atoms with Gasteiger partial charge in [-0.05, 0) is 51.9 Å². The number of phenolic OH excluding ortho intramolecular Hbond substituents is 1. The van der Waals surface area contributed by atoms with Crippen molar-refractivity contribution in [3.63, 3.8) is 0 Å². The lowest BCUT2D eigenvalue weighted by atomic mass is 9.58. The predicted molar refractivity (Wildman–Crippen MR) is 146 cm³/mol. The summed E-state index contributed by atoms with van der Waals surface area (Å²) < 4.78 is 11.4. The third-order valence-electron chi connectivity index (χ3n) is 9.16. The molecule has 0 unspecified atom stereocenters. The summed E-state index contributed by atoms with van der Waals surface area (Å²) in [5, 5.41) is 45.2. The molecule has 41 heavy (non-hydrogen) atoms. The summed E-state index contributed by atoms with van der Waals surface area (Å²) in [5.74, 6) is -6.37. The molecule has 0 spiro atoms. The van der Waals surface area contributed by atoms with Crippen LogP contribution in [-0.4, -0.2) is 106 Å². The van der Waals surface area contributed by atoms with Crippen LogP contribution in [0, 0.1) is 11.8 Å². The number of aliphatic hydroxyl groups is 3. The number of carbonyl (C=O) groups is 3. The molecule has 1 aromatic carbocycles. The van der Waals surface area contributed by atoms with Crippen LogP contribution in [0.2, 0.25) is 0 Å². The molecule has 0 bridgehead atoms. The van der Waals surface area contributed by atoms with Crippen molar-refractivity contribution in [2.45, 2.75) is 50.4 Å². The zero-order valence-electron chi connectivity index (χ0n) is 23.6. The first-order valence-electron chi connectivity index (χ1n) is 13.8. The van der Waals surface area contributed by atoms with E-state index in [1.54, 1.807) is 14.1 Å². The van der Waals surface area contributed by atoms with E-state index in [4.69, 9.17) is 15.2 Å². The van der Waals surface area contributed by atoms with E-state index in [0.717, 1.165) is 13.0 Å². The normalized spacial score (nSPS) is 29.6. The minimum atomic E-state index is -2.67. The number of primary amides is 1. The molecule has 6 N–H and O–H groups in total. The van der Waals surface area contributed by atoms with E-state index in [1.165, 1.54) is 18.1 Å². The van der Waals surface area contributed by atoms with Crippen molar-refractivity contribution < 1.29 is 44.3 Å². The van der Waals surface area contributed by atoms with E-state index < -0.39 is 58.0 Å². The fourth-order valence-corrected chi connectivity index (χ4v) is 7.26. The Morgan fingerprint density at radius 3 is 2.51 bits per heavy atom. The third-order valence-corrected chi connectivity index (χ3v) is 9.16. The number of ketones is 2. The van der Waals surface area contributed by atoms with Crippen molar-refractivity contribution in [3.8, 4) is 11.5 Å². The zero-order chi connectivity index (χ0) is 30.0. The van der Waals surface area contributed by atoms with Crippen molar-refractivity contribution in [1.82, 2.24) is 9.80 Å². The molecule has 0 aromatic heterocycles. The van der Waals surface area contributed by atoms with Gasteiger partial charge in [-0.25, -0.2) is 0 Å². The smallest absolute Gasteiger partial charge is 0.255 e. The molecule has 1 aliphatic heterocycles. The highest BCUT2D eigenvalue weighted by atomic mass is 16.5. The van der Waals surface area contributed by atoms with Crippen molar-refractivity contribution in [2.24, 2.45) is 17.6 Å². The summed E-state index contributed by atoms with van der Waals surface area (Å²) in [7, 11) is 4.68. The average Bonchev–Trinajstić information content (AvgIpc) is 3.44. The van der Waals surface area contributed by atoms with Gasteiger partial charge in [0.15, 0.2) is 11.4 Å². The summed E-state index contributed by atoms with van der Waals surface area (Å²) in [6.07, 6.45) is 1.06. The molecular weight excluding hydrogens is 534 g/mol. The van der Waals surface area contributed by atoms with Gasteiger partial charge in [-0.1, -0.05) is 6.92 Å². The van der Waals surface area contributed by atoms with Gasteiger partial charge in [-0.2, -0.15) is 0 Å². The van der Waals surface area contributed by atoms with Crippen LogP contribution in [0.3, 0.4) is 0 Å². The van der Waals surface area contributed by atoms with Crippen LogP contribution < -0.4 is 10.5 Å². The van der Waals surface area contributed by atoms with Crippen LogP contribution in [0.1, 0.15) is 41.3 Å². The maximum absolute atomic E-state index is 13.9. The first-order valence-corrected chi connectivity index (χ1v) is 13.8. The second kappa shape index (κ2) is 10.4. The van der Waals surface area contributed by atoms with Crippen LogP contribution in [0.4, 0.5) is 0 Å². The molecule has 5 rings (SSSR count). The summed E-state index contributed by atoms with van der Waals surface area (Å²) >= 11 is 0. The van der Waals surface area contributed by atoms with Crippen LogP contribution in [-0.2, 0) is 27.3 Å². The van der Waals surface area contributed by atoms with E-state index in [-0.39, 0.29) is 35.8 Å². The highest BCUT2D eigenvalue weighted by molar-refractivity contribution is 6.24. The number of ether oxygens (including phenoxy) is 2. The number of rotatable bonds is 7. The Morgan fingerprint density at radius 1 is 1.24 bits per heavy atom. The van der Waals surface area contributed by atoms with Crippen LogP contribution in [0.25, 0.3) is 0 Å². The van der Waals surface area contributed by atoms with Crippen LogP contribution >= 0.6 is 0 Å².